The molecule has 1 nitrogen and oxygen atoms in total. The van der Waals surface area contributed by atoms with Gasteiger partial charge in [-0.1, -0.05) is 12.7 Å². The zero-order valence-corrected chi connectivity index (χ0v) is 5.02. The lowest BCUT2D eigenvalue weighted by atomic mass is 10.6. The van der Waals surface area contributed by atoms with Crippen molar-refractivity contribution < 1.29 is 0 Å². The van der Waals surface area contributed by atoms with Gasteiger partial charge in [0.25, 0.3) is 0 Å². The summed E-state index contributed by atoms with van der Waals surface area (Å²) in [6.07, 6.45) is 5.13. The Morgan fingerprint density at radius 2 is 2.29 bits per heavy atom. The van der Waals surface area contributed by atoms with E-state index < -0.39 is 0 Å². The molecule has 7 heavy (non-hydrogen) atoms. The van der Waals surface area contributed by atoms with E-state index in [4.69, 9.17) is 11.8 Å². The van der Waals surface area contributed by atoms with Crippen molar-refractivity contribution >= 4 is 11.8 Å². The first-order valence-corrected chi connectivity index (χ1v) is 2.29. The molecule has 0 fully saturated rings. The Morgan fingerprint density at radius 3 is 2.43 bits per heavy atom. The molecule has 0 radical (unpaired) electrons. The lowest BCUT2D eigenvalue weighted by Gasteiger charge is -1.95. The number of hydrogen-bond donors (Lipinski definition) is 0. The fraction of sp³-hybridized carbons (Fsp3) is 0.200. The zero-order chi connectivity index (χ0) is 5.70. The molecule has 0 rings (SSSR count). The number of nitrogens with zero attached hydrogens (tertiary/aromatic N) is 1. The molecule has 0 aromatic rings. The minimum absolute atomic E-state index is 1.43. The monoisotopic (exact) mass is 117 g/mol. The van der Waals surface area contributed by atoms with Crippen molar-refractivity contribution in [3.05, 3.63) is 24.9 Å². The highest BCUT2D eigenvalue weighted by molar-refractivity contribution is 6.13. The highest BCUT2D eigenvalue weighted by atomic mass is 35.5. The number of hydrogen-bond acceptors (Lipinski definition) is 1. The summed E-state index contributed by atoms with van der Waals surface area (Å²) >= 11 is 5.36. The molecule has 2 heteroatoms. The van der Waals surface area contributed by atoms with Crippen LogP contribution in [0.2, 0.25) is 0 Å². The number of halogens is 1. The van der Waals surface area contributed by atoms with Gasteiger partial charge >= 0.3 is 0 Å². The van der Waals surface area contributed by atoms with Gasteiger partial charge in [0.05, 0.1) is 0 Å². The lowest BCUT2D eigenvalue weighted by molar-refractivity contribution is 0.752. The Labute approximate surface area is 49.0 Å². The van der Waals surface area contributed by atoms with E-state index >= 15 is 0 Å². The maximum Gasteiger partial charge on any atom is 0.0230 e. The quantitative estimate of drug-likeness (QED) is 0.394. The van der Waals surface area contributed by atoms with Crippen LogP contribution in [0.1, 0.15) is 0 Å². The van der Waals surface area contributed by atoms with Gasteiger partial charge < -0.3 is 0 Å². The van der Waals surface area contributed by atoms with Crippen molar-refractivity contribution in [2.45, 2.75) is 0 Å². The second-order valence-electron chi connectivity index (χ2n) is 1.10. The van der Waals surface area contributed by atoms with Crippen LogP contribution in [0, 0.1) is 0 Å². The molecule has 0 unspecified atom stereocenters. The molecule has 0 aliphatic carbocycles. The third kappa shape index (κ3) is 5.57. The van der Waals surface area contributed by atoms with E-state index in [-0.39, 0.29) is 0 Å². The topological polar surface area (TPSA) is 3.24 Å². The van der Waals surface area contributed by atoms with E-state index in [0.717, 1.165) is 0 Å². The first-order chi connectivity index (χ1) is 3.27. The highest BCUT2D eigenvalue weighted by Crippen LogP contribution is 1.86. The highest BCUT2D eigenvalue weighted by Gasteiger charge is 1.71. The molecule has 0 saturated carbocycles. The normalized spacial score (nSPS) is 9.43. The predicted molar refractivity (Wildman–Crippen MR) is 33.0 cm³/mol. The summed E-state index contributed by atoms with van der Waals surface area (Å²) in [7, 11) is 1.74. The Morgan fingerprint density at radius 1 is 1.71 bits per heavy atom. The molecule has 0 atom stereocenters. The van der Waals surface area contributed by atoms with Crippen LogP contribution in [0.4, 0.5) is 0 Å². The molecule has 0 aromatic heterocycles. The average molecular weight is 118 g/mol. The zero-order valence-electron chi connectivity index (χ0n) is 4.26. The Kier molecular flexibility index (Phi) is 3.52. The molecule has 0 heterocycles. The van der Waals surface area contributed by atoms with Crippen molar-refractivity contribution in [1.82, 2.24) is 4.42 Å². The molecular formula is C5H8ClN. The van der Waals surface area contributed by atoms with Gasteiger partial charge in [0.2, 0.25) is 0 Å². The Hall–Kier alpha value is -0.430. The van der Waals surface area contributed by atoms with Crippen LogP contribution < -0.4 is 0 Å². The van der Waals surface area contributed by atoms with E-state index in [1.165, 1.54) is 4.42 Å². The first-order valence-electron chi connectivity index (χ1n) is 1.95. The molecule has 0 N–H and O–H groups in total. The Bertz CT molecular complexity index is 76.1. The molecular weight excluding hydrogens is 110 g/mol. The molecule has 0 aliphatic heterocycles. The van der Waals surface area contributed by atoms with Crippen LogP contribution in [0.25, 0.3) is 0 Å². The fourth-order valence-corrected chi connectivity index (χ4v) is 0.245. The van der Waals surface area contributed by atoms with E-state index in [1.807, 2.05) is 0 Å². The van der Waals surface area contributed by atoms with Gasteiger partial charge in [-0.25, -0.2) is 0 Å². The Balaban J connectivity index is 3.25. The van der Waals surface area contributed by atoms with Crippen LogP contribution in [0.5, 0.6) is 0 Å². The second-order valence-corrected chi connectivity index (χ2v) is 1.64. The van der Waals surface area contributed by atoms with Crippen LogP contribution in [-0.4, -0.2) is 11.5 Å². The van der Waals surface area contributed by atoms with Gasteiger partial charge in [0.15, 0.2) is 0 Å². The largest absolute Gasteiger partial charge is 0.296 e. The third-order valence-electron chi connectivity index (χ3n) is 0.428. The summed E-state index contributed by atoms with van der Waals surface area (Å²) in [5, 5.41) is 0. The van der Waals surface area contributed by atoms with Crippen molar-refractivity contribution in [3.8, 4) is 0 Å². The molecule has 0 aliphatic rings. The number of allylic oxidation sites excluding steroid dienone is 2. The molecule has 0 amide bonds. The fourth-order valence-electron chi connectivity index (χ4n) is 0.179. The standard InChI is InChI=1S/C5H8ClN/c1-3-4-5-7(2)6/h3-5H,1H2,2H3/b5-4-. The maximum atomic E-state index is 5.36. The average Bonchev–Trinajstić information content (AvgIpc) is 1.61. The second kappa shape index (κ2) is 3.75. The van der Waals surface area contributed by atoms with Crippen molar-refractivity contribution in [2.75, 3.05) is 7.05 Å². The lowest BCUT2D eigenvalue weighted by Crippen LogP contribution is -1.89. The van der Waals surface area contributed by atoms with Crippen LogP contribution in [0.15, 0.2) is 24.9 Å². The predicted octanol–water partition coefficient (Wildman–Crippen LogP) is 1.77. The van der Waals surface area contributed by atoms with E-state index in [9.17, 15) is 0 Å². The van der Waals surface area contributed by atoms with Gasteiger partial charge in [-0.15, -0.1) is 0 Å². The maximum absolute atomic E-state index is 5.36. The van der Waals surface area contributed by atoms with Gasteiger partial charge in [0, 0.05) is 25.0 Å². The van der Waals surface area contributed by atoms with E-state index in [1.54, 1.807) is 25.4 Å². The molecule has 0 saturated heterocycles. The summed E-state index contributed by atoms with van der Waals surface area (Å²) in [6, 6.07) is 0. The van der Waals surface area contributed by atoms with E-state index in [2.05, 4.69) is 6.58 Å². The molecule has 0 spiro atoms. The SMILES string of the molecule is C=C/C=C\N(C)Cl. The third-order valence-corrected chi connectivity index (χ3v) is 0.540. The van der Waals surface area contributed by atoms with Gasteiger partial charge in [-0.2, -0.15) is 0 Å². The van der Waals surface area contributed by atoms with Crippen LogP contribution >= 0.6 is 11.8 Å². The van der Waals surface area contributed by atoms with Crippen molar-refractivity contribution in [1.29, 1.82) is 0 Å². The first kappa shape index (κ1) is 6.57. The van der Waals surface area contributed by atoms with Gasteiger partial charge in [-0.05, 0) is 6.08 Å². The van der Waals surface area contributed by atoms with Crippen LogP contribution in [0.3, 0.4) is 0 Å². The van der Waals surface area contributed by atoms with Gasteiger partial charge in [-0.3, -0.25) is 4.42 Å². The summed E-state index contributed by atoms with van der Waals surface area (Å²) in [6.45, 7) is 3.46. The molecule has 40 valence electrons. The summed E-state index contributed by atoms with van der Waals surface area (Å²) in [5.41, 5.74) is 0. The summed E-state index contributed by atoms with van der Waals surface area (Å²) in [5.74, 6) is 0. The minimum Gasteiger partial charge on any atom is -0.296 e. The van der Waals surface area contributed by atoms with Crippen molar-refractivity contribution in [2.24, 2.45) is 0 Å². The number of rotatable bonds is 2. The van der Waals surface area contributed by atoms with Crippen molar-refractivity contribution in [3.63, 3.8) is 0 Å². The molecule has 0 aromatic carbocycles. The summed E-state index contributed by atoms with van der Waals surface area (Å²) < 4.78 is 1.43. The minimum atomic E-state index is 1.43. The van der Waals surface area contributed by atoms with Crippen LogP contribution in [-0.2, 0) is 0 Å². The summed E-state index contributed by atoms with van der Waals surface area (Å²) in [4.78, 5) is 0. The molecule has 0 bridgehead atoms. The van der Waals surface area contributed by atoms with Gasteiger partial charge in [0.1, 0.15) is 0 Å². The van der Waals surface area contributed by atoms with E-state index in [0.29, 0.717) is 0 Å². The smallest absolute Gasteiger partial charge is 0.0230 e.